The van der Waals surface area contributed by atoms with Gasteiger partial charge in [-0.25, -0.2) is 9.97 Å². The molecule has 1 heterocycles. The van der Waals surface area contributed by atoms with Crippen LogP contribution in [0.4, 0.5) is 0 Å². The summed E-state index contributed by atoms with van der Waals surface area (Å²) in [6.07, 6.45) is 2.76. The van der Waals surface area contributed by atoms with E-state index in [1.165, 1.54) is 12.4 Å². The number of fused-ring (bicyclic) bond motifs is 1. The maximum atomic E-state index is 11.2. The number of hydrogen-bond donors (Lipinski definition) is 0. The third-order valence-corrected chi connectivity index (χ3v) is 1.68. The Labute approximate surface area is 68.0 Å². The molecule has 0 atom stereocenters. The molecule has 0 N–H and O–H groups in total. The fraction of sp³-hybridized carbons (Fsp3) is 0. The molecule has 0 saturated heterocycles. The lowest BCUT2D eigenvalue weighted by molar-refractivity contribution is 0.0987. The molecule has 0 radical (unpaired) electrons. The van der Waals surface area contributed by atoms with Crippen LogP contribution in [0.15, 0.2) is 24.5 Å². The van der Waals surface area contributed by atoms with Gasteiger partial charge < -0.3 is 0 Å². The van der Waals surface area contributed by atoms with E-state index < -0.39 is 11.6 Å². The molecule has 58 valence electrons. The highest BCUT2D eigenvalue weighted by Gasteiger charge is 2.33. The third-order valence-electron chi connectivity index (χ3n) is 1.68. The zero-order valence-corrected chi connectivity index (χ0v) is 6.07. The zero-order chi connectivity index (χ0) is 8.72. The number of carbonyl (C=O) groups excluding carboxylic acids is 2. The number of ketones is 2. The Hall–Kier alpha value is -1.84. The Morgan fingerprint density at radius 1 is 1.00 bits per heavy atom. The van der Waals surface area contributed by atoms with Crippen LogP contribution < -0.4 is 0 Å². The third kappa shape index (κ3) is 0.661. The summed E-state index contributed by atoms with van der Waals surface area (Å²) in [6.45, 7) is 3.35. The van der Waals surface area contributed by atoms with Crippen LogP contribution in [0.1, 0.15) is 21.0 Å². The molecule has 0 spiro atoms. The lowest BCUT2D eigenvalue weighted by Crippen LogP contribution is -1.98. The standard InChI is InChI=1S/C8H4N2O2/c1-4-7(11)5-6(8(4)12)10-3-2-9-5/h2-3H,1H2. The highest BCUT2D eigenvalue weighted by Crippen LogP contribution is 2.20. The van der Waals surface area contributed by atoms with Gasteiger partial charge in [0.05, 0.1) is 5.57 Å². The minimum absolute atomic E-state index is 0.0452. The van der Waals surface area contributed by atoms with Crippen molar-refractivity contribution in [2.24, 2.45) is 0 Å². The first-order valence-electron chi connectivity index (χ1n) is 3.31. The first-order valence-corrected chi connectivity index (χ1v) is 3.31. The second kappa shape index (κ2) is 2.07. The Morgan fingerprint density at radius 3 is 1.83 bits per heavy atom. The minimum atomic E-state index is -0.414. The summed E-state index contributed by atoms with van der Waals surface area (Å²) in [6, 6.07) is 0. The van der Waals surface area contributed by atoms with Gasteiger partial charge >= 0.3 is 0 Å². The molecule has 0 aromatic carbocycles. The SMILES string of the molecule is C=C1C(=O)c2nccnc2C1=O. The van der Waals surface area contributed by atoms with Gasteiger partial charge in [-0.1, -0.05) is 6.58 Å². The number of rotatable bonds is 0. The summed E-state index contributed by atoms with van der Waals surface area (Å²) in [5.74, 6) is -0.828. The van der Waals surface area contributed by atoms with Crippen molar-refractivity contribution in [2.45, 2.75) is 0 Å². The number of Topliss-reactive ketones (excluding diaryl/α,β-unsaturated/α-hetero) is 2. The first kappa shape index (κ1) is 6.84. The maximum Gasteiger partial charge on any atom is 0.217 e. The molecular weight excluding hydrogens is 156 g/mol. The molecule has 0 unspecified atom stereocenters. The summed E-state index contributed by atoms with van der Waals surface area (Å²) in [5, 5.41) is 0. The first-order chi connectivity index (χ1) is 5.72. The fourth-order valence-electron chi connectivity index (χ4n) is 1.06. The van der Waals surface area contributed by atoms with Crippen LogP contribution in [0, 0.1) is 0 Å². The van der Waals surface area contributed by atoms with Crippen LogP contribution in [0.2, 0.25) is 0 Å². The van der Waals surface area contributed by atoms with Crippen LogP contribution in [-0.4, -0.2) is 21.5 Å². The van der Waals surface area contributed by atoms with E-state index in [2.05, 4.69) is 16.5 Å². The minimum Gasteiger partial charge on any atom is -0.287 e. The molecule has 0 fully saturated rings. The Kier molecular flexibility index (Phi) is 1.18. The summed E-state index contributed by atoms with van der Waals surface area (Å²) in [5.41, 5.74) is 0.191. The Morgan fingerprint density at radius 2 is 1.42 bits per heavy atom. The molecular formula is C8H4N2O2. The molecule has 0 aliphatic heterocycles. The monoisotopic (exact) mass is 160 g/mol. The second-order valence-electron chi connectivity index (χ2n) is 2.39. The normalized spacial score (nSPS) is 15.2. The van der Waals surface area contributed by atoms with E-state index in [0.717, 1.165) is 0 Å². The van der Waals surface area contributed by atoms with E-state index in [0.29, 0.717) is 0 Å². The summed E-state index contributed by atoms with van der Waals surface area (Å²) in [7, 11) is 0. The molecule has 1 aromatic heterocycles. The van der Waals surface area contributed by atoms with Crippen molar-refractivity contribution in [3.8, 4) is 0 Å². The molecule has 0 saturated carbocycles. The quantitative estimate of drug-likeness (QED) is 0.407. The van der Waals surface area contributed by atoms with Gasteiger partial charge in [-0.3, -0.25) is 9.59 Å². The van der Waals surface area contributed by atoms with Gasteiger partial charge in [0.1, 0.15) is 11.4 Å². The number of aromatic nitrogens is 2. The van der Waals surface area contributed by atoms with E-state index in [9.17, 15) is 9.59 Å². The van der Waals surface area contributed by atoms with Gasteiger partial charge in [-0.15, -0.1) is 0 Å². The van der Waals surface area contributed by atoms with E-state index in [1.807, 2.05) is 0 Å². The molecule has 0 bridgehead atoms. The smallest absolute Gasteiger partial charge is 0.217 e. The lowest BCUT2D eigenvalue weighted by atomic mass is 10.2. The summed E-state index contributed by atoms with van der Waals surface area (Å²) in [4.78, 5) is 29.9. The molecule has 4 heteroatoms. The van der Waals surface area contributed by atoms with Gasteiger partial charge in [-0.2, -0.15) is 0 Å². The molecule has 1 aliphatic carbocycles. The highest BCUT2D eigenvalue weighted by atomic mass is 16.2. The van der Waals surface area contributed by atoms with Crippen molar-refractivity contribution >= 4 is 11.6 Å². The largest absolute Gasteiger partial charge is 0.287 e. The predicted molar refractivity (Wildman–Crippen MR) is 39.8 cm³/mol. The highest BCUT2D eigenvalue weighted by molar-refractivity contribution is 6.37. The number of nitrogens with zero attached hydrogens (tertiary/aromatic N) is 2. The van der Waals surface area contributed by atoms with Gasteiger partial charge in [0.25, 0.3) is 0 Å². The van der Waals surface area contributed by atoms with Crippen LogP contribution in [-0.2, 0) is 0 Å². The molecule has 1 aromatic rings. The molecule has 1 aliphatic rings. The molecule has 12 heavy (non-hydrogen) atoms. The Bertz CT molecular complexity index is 372. The summed E-state index contributed by atoms with van der Waals surface area (Å²) >= 11 is 0. The van der Waals surface area contributed by atoms with Crippen LogP contribution in [0.3, 0.4) is 0 Å². The topological polar surface area (TPSA) is 59.9 Å². The Balaban J connectivity index is 2.76. The maximum absolute atomic E-state index is 11.2. The van der Waals surface area contributed by atoms with Gasteiger partial charge in [0, 0.05) is 12.4 Å². The van der Waals surface area contributed by atoms with Crippen LogP contribution >= 0.6 is 0 Å². The number of hydrogen-bond acceptors (Lipinski definition) is 4. The predicted octanol–water partition coefficient (Wildman–Crippen LogP) is 0.412. The number of allylic oxidation sites excluding steroid dienone is 1. The molecule has 4 nitrogen and oxygen atoms in total. The van der Waals surface area contributed by atoms with Crippen molar-refractivity contribution in [2.75, 3.05) is 0 Å². The van der Waals surface area contributed by atoms with Gasteiger partial charge in [0.2, 0.25) is 11.6 Å². The summed E-state index contributed by atoms with van der Waals surface area (Å²) < 4.78 is 0. The molecule has 2 rings (SSSR count). The van der Waals surface area contributed by atoms with Crippen molar-refractivity contribution in [3.05, 3.63) is 35.9 Å². The van der Waals surface area contributed by atoms with E-state index in [1.54, 1.807) is 0 Å². The van der Waals surface area contributed by atoms with Crippen molar-refractivity contribution in [1.29, 1.82) is 0 Å². The second-order valence-corrected chi connectivity index (χ2v) is 2.39. The van der Waals surface area contributed by atoms with E-state index in [-0.39, 0.29) is 17.0 Å². The number of carbonyl (C=O) groups is 2. The van der Waals surface area contributed by atoms with E-state index in [4.69, 9.17) is 0 Å². The van der Waals surface area contributed by atoms with Gasteiger partial charge in [-0.05, 0) is 0 Å². The van der Waals surface area contributed by atoms with Crippen molar-refractivity contribution in [1.82, 2.24) is 9.97 Å². The molecule has 0 amide bonds. The van der Waals surface area contributed by atoms with Crippen LogP contribution in [0.25, 0.3) is 0 Å². The lowest BCUT2D eigenvalue weighted by Gasteiger charge is -1.88. The van der Waals surface area contributed by atoms with Gasteiger partial charge in [0.15, 0.2) is 0 Å². The fourth-order valence-corrected chi connectivity index (χ4v) is 1.06. The van der Waals surface area contributed by atoms with Crippen molar-refractivity contribution < 1.29 is 9.59 Å². The van der Waals surface area contributed by atoms with Crippen molar-refractivity contribution in [3.63, 3.8) is 0 Å². The van der Waals surface area contributed by atoms with Crippen LogP contribution in [0.5, 0.6) is 0 Å². The van der Waals surface area contributed by atoms with E-state index >= 15 is 0 Å². The zero-order valence-electron chi connectivity index (χ0n) is 6.07. The average Bonchev–Trinajstić information content (AvgIpc) is 2.33. The average molecular weight is 160 g/mol.